The van der Waals surface area contributed by atoms with E-state index in [0.29, 0.717) is 32.4 Å². The fourth-order valence-corrected chi connectivity index (χ4v) is 9.50. The second kappa shape index (κ2) is 42.1. The normalized spacial score (nSPS) is 19.0. The molecule has 0 radical (unpaired) electrons. The molecule has 1 aliphatic heterocycles. The van der Waals surface area contributed by atoms with Crippen molar-refractivity contribution in [2.75, 3.05) is 47.0 Å². The van der Waals surface area contributed by atoms with Gasteiger partial charge in [-0.2, -0.15) is 0 Å². The number of phosphoric acid groups is 1. The van der Waals surface area contributed by atoms with Crippen LogP contribution in [0.25, 0.3) is 0 Å². The summed E-state index contributed by atoms with van der Waals surface area (Å²) in [4.78, 5) is 57.1. The summed E-state index contributed by atoms with van der Waals surface area (Å²) < 4.78 is 43.9. The van der Waals surface area contributed by atoms with Gasteiger partial charge in [-0.25, -0.2) is 4.57 Å². The minimum Gasteiger partial charge on any atom is -0.457 e. The Labute approximate surface area is 410 Å². The summed E-state index contributed by atoms with van der Waals surface area (Å²) in [5.41, 5.74) is 0. The average Bonchev–Trinajstić information content (AvgIpc) is 3.30. The van der Waals surface area contributed by atoms with Gasteiger partial charge in [0.15, 0.2) is 6.10 Å². The van der Waals surface area contributed by atoms with E-state index in [9.17, 15) is 28.9 Å². The highest BCUT2D eigenvalue weighted by Crippen LogP contribution is 2.42. The summed E-state index contributed by atoms with van der Waals surface area (Å²) in [6, 6.07) is -1.04. The smallest absolute Gasteiger partial charge is 0.457 e. The highest BCUT2D eigenvalue weighted by Gasteiger charge is 2.48. The number of esters is 1. The van der Waals surface area contributed by atoms with Crippen LogP contribution in [0.4, 0.5) is 0 Å². The number of likely N-dealkylation sites (N-methyl/N-ethyl adjacent to an activating group) is 1. The third kappa shape index (κ3) is 36.0. The molecule has 0 aromatic carbocycles. The zero-order valence-corrected chi connectivity index (χ0v) is 44.2. The summed E-state index contributed by atoms with van der Waals surface area (Å²) in [6.45, 7) is 6.88. The van der Waals surface area contributed by atoms with Gasteiger partial charge in [0.2, 0.25) is 13.2 Å². The number of aliphatic hydroxyl groups excluding tert-OH is 1. The van der Waals surface area contributed by atoms with Crippen molar-refractivity contribution in [3.8, 4) is 0 Å². The number of carbonyl (C=O) groups is 3. The second-order valence-electron chi connectivity index (χ2n) is 19.8. The lowest BCUT2D eigenvalue weighted by Gasteiger charge is -2.42. The maximum absolute atomic E-state index is 14.4. The van der Waals surface area contributed by atoms with E-state index < -0.39 is 56.1 Å². The summed E-state index contributed by atoms with van der Waals surface area (Å²) in [6.07, 6.45) is 30.1. The Morgan fingerprint density at radius 1 is 0.687 bits per heavy atom. The molecule has 0 aromatic heterocycles. The molecule has 0 aromatic rings. The number of nitrogens with zero attached hydrogens (tertiary/aromatic N) is 1. The van der Waals surface area contributed by atoms with E-state index in [1.54, 1.807) is 0 Å². The average molecular weight is 977 g/mol. The Morgan fingerprint density at radius 3 is 1.58 bits per heavy atom. The predicted octanol–water partition coefficient (Wildman–Crippen LogP) is 10.9. The van der Waals surface area contributed by atoms with E-state index >= 15 is 0 Å². The number of unbranched alkanes of at least 4 members (excludes halogenated alkanes) is 26. The number of nitrogens with one attached hydrogen (secondary N) is 2. The van der Waals surface area contributed by atoms with Crippen LogP contribution in [0, 0.1) is 5.92 Å². The van der Waals surface area contributed by atoms with Gasteiger partial charge >= 0.3 is 13.8 Å². The number of amides is 2. The van der Waals surface area contributed by atoms with E-state index in [-0.39, 0.29) is 32.1 Å². The van der Waals surface area contributed by atoms with Gasteiger partial charge in [0.1, 0.15) is 18.8 Å². The molecule has 5 N–H and O–H groups in total. The van der Waals surface area contributed by atoms with Crippen molar-refractivity contribution in [2.45, 2.75) is 263 Å². The molecule has 15 heteroatoms. The van der Waals surface area contributed by atoms with Crippen LogP contribution in [-0.2, 0) is 37.7 Å². The third-order valence-electron chi connectivity index (χ3n) is 13.0. The molecule has 1 rings (SSSR count). The third-order valence-corrected chi connectivity index (χ3v) is 13.5. The van der Waals surface area contributed by atoms with Gasteiger partial charge in [-0.3, -0.25) is 18.9 Å². The quantitative estimate of drug-likeness (QED) is 0.0220. The lowest BCUT2D eigenvalue weighted by Crippen LogP contribution is -2.62. The zero-order chi connectivity index (χ0) is 50.1. The number of aliphatic hydroxyl groups is 1. The SMILES string of the molecule is [2H]OP(=O)(O)O[C@H]1[C@H](OC(=O)C(CCCCCCCCCCCC)CCCCCCCCCCCC)[C@@H](NC(=O)C[C@H](O)CCCCCCCCCCC)CO[C@@H]1COCC(=O)NCCN(C)C. The van der Waals surface area contributed by atoms with Crippen LogP contribution in [0.1, 0.15) is 233 Å². The summed E-state index contributed by atoms with van der Waals surface area (Å²) in [5, 5.41) is 16.5. The molecule has 1 aliphatic rings. The van der Waals surface area contributed by atoms with Gasteiger partial charge in [-0.1, -0.05) is 207 Å². The van der Waals surface area contributed by atoms with Crippen LogP contribution in [0.5, 0.6) is 0 Å². The topological polar surface area (TPSA) is 193 Å². The van der Waals surface area contributed by atoms with Crippen LogP contribution in [-0.4, -0.2) is 116 Å². The number of carbonyl (C=O) groups excluding carboxylic acids is 3. The van der Waals surface area contributed by atoms with E-state index in [1.165, 1.54) is 109 Å². The molecular formula is C52H102N3O11P. The molecule has 0 aliphatic carbocycles. The molecule has 6 atom stereocenters. The standard InChI is InChI=1S/C52H102N3O11P/c1-6-9-12-15-18-21-24-26-29-32-35-44(36-33-30-27-25-22-19-16-13-10-7-2)52(59)65-50-46(54-48(57)40-45(56)37-34-31-28-23-20-17-14-11-8-3)41-64-47(51(50)66-67(60,61)62)42-63-43-49(58)53-38-39-55(4)5/h44-47,50-51,56H,6-43H2,1-5H3,(H,53,58)(H,54,57)(H2,60,61,62)/t45-,46+,47-,50-,51-/m1/s1/i/hD. The first-order valence-electron chi connectivity index (χ1n) is 27.7. The van der Waals surface area contributed by atoms with Gasteiger partial charge < -0.3 is 44.6 Å². The van der Waals surface area contributed by atoms with Crippen molar-refractivity contribution in [1.82, 2.24) is 15.5 Å². The first kappa shape index (κ1) is 61.5. The van der Waals surface area contributed by atoms with Crippen LogP contribution in [0.2, 0.25) is 0 Å². The fourth-order valence-electron chi connectivity index (χ4n) is 8.93. The Morgan fingerprint density at radius 2 is 1.13 bits per heavy atom. The minimum absolute atomic E-state index is 0.181. The lowest BCUT2D eigenvalue weighted by molar-refractivity contribution is -0.194. The van der Waals surface area contributed by atoms with Crippen molar-refractivity contribution in [2.24, 2.45) is 5.92 Å². The van der Waals surface area contributed by atoms with Crippen molar-refractivity contribution < 1.29 is 52.6 Å². The highest BCUT2D eigenvalue weighted by atomic mass is 31.2. The molecule has 396 valence electrons. The van der Waals surface area contributed by atoms with Gasteiger partial charge in [-0.05, 0) is 33.4 Å². The minimum atomic E-state index is -5.05. The summed E-state index contributed by atoms with van der Waals surface area (Å²) in [5.74, 6) is -1.83. The van der Waals surface area contributed by atoms with Gasteiger partial charge in [0, 0.05) is 13.1 Å². The first-order valence-corrected chi connectivity index (χ1v) is 28.8. The van der Waals surface area contributed by atoms with Crippen molar-refractivity contribution in [3.05, 3.63) is 0 Å². The lowest BCUT2D eigenvalue weighted by atomic mass is 9.93. The van der Waals surface area contributed by atoms with Crippen LogP contribution in [0.3, 0.4) is 0 Å². The maximum atomic E-state index is 14.4. The molecule has 67 heavy (non-hydrogen) atoms. The zero-order valence-electron chi connectivity index (χ0n) is 44.3. The Bertz CT molecular complexity index is 1260. The monoisotopic (exact) mass is 977 g/mol. The summed E-state index contributed by atoms with van der Waals surface area (Å²) in [7, 11) is -1.27. The predicted molar refractivity (Wildman–Crippen MR) is 270 cm³/mol. The van der Waals surface area contributed by atoms with Crippen molar-refractivity contribution >= 4 is 25.6 Å². The number of phosphoric ester groups is 1. The van der Waals surface area contributed by atoms with Gasteiger partial charge in [-0.15, -0.1) is 0 Å². The van der Waals surface area contributed by atoms with Crippen LogP contribution in [0.15, 0.2) is 0 Å². The highest BCUT2D eigenvalue weighted by molar-refractivity contribution is 7.46. The van der Waals surface area contributed by atoms with E-state index in [2.05, 4.69) is 36.3 Å². The van der Waals surface area contributed by atoms with Crippen molar-refractivity contribution in [1.29, 1.82) is 1.43 Å². The molecule has 1 saturated heterocycles. The molecule has 0 bridgehead atoms. The largest absolute Gasteiger partial charge is 0.470 e. The van der Waals surface area contributed by atoms with E-state index in [0.717, 1.165) is 77.0 Å². The number of hydrogen-bond acceptors (Lipinski definition) is 11. The number of hydrogen-bond donors (Lipinski definition) is 5. The fraction of sp³-hybridized carbons (Fsp3) is 0.942. The molecule has 2 amide bonds. The molecule has 0 saturated carbocycles. The Balaban J connectivity index is 3.20. The molecule has 1 fully saturated rings. The second-order valence-corrected chi connectivity index (χ2v) is 20.9. The van der Waals surface area contributed by atoms with Crippen LogP contribution < -0.4 is 10.6 Å². The molecular weight excluding hydrogens is 874 g/mol. The Kier molecular flexibility index (Phi) is 38.6. The maximum Gasteiger partial charge on any atom is 0.470 e. The Hall–Kier alpha value is -1.64. The molecule has 1 heterocycles. The number of ether oxygens (including phenoxy) is 3. The van der Waals surface area contributed by atoms with Gasteiger partial charge in [0.25, 0.3) is 0 Å². The summed E-state index contributed by atoms with van der Waals surface area (Å²) >= 11 is 0. The molecule has 0 spiro atoms. The van der Waals surface area contributed by atoms with Crippen LogP contribution >= 0.6 is 7.82 Å². The van der Waals surface area contributed by atoms with Gasteiger partial charge in [0.05, 0.1) is 37.7 Å². The van der Waals surface area contributed by atoms with E-state index in [1.807, 2.05) is 19.0 Å². The van der Waals surface area contributed by atoms with E-state index in [4.69, 9.17) is 20.2 Å². The first-order chi connectivity index (χ1) is 32.9. The molecule has 14 nitrogen and oxygen atoms in total. The van der Waals surface area contributed by atoms with Crippen molar-refractivity contribution in [3.63, 3.8) is 0 Å². The number of rotatable bonds is 47. The molecule has 1 unspecified atom stereocenters.